The van der Waals surface area contributed by atoms with Crippen LogP contribution in [0.15, 0.2) is 95.2 Å². The molecule has 0 fully saturated rings. The minimum atomic E-state index is 0. The number of azo groups is 1. The molecule has 4 aromatic rings. The third kappa shape index (κ3) is 5.90. The minimum absolute atomic E-state index is 0. The highest BCUT2D eigenvalue weighted by atomic mass is 79.9. The Balaban J connectivity index is 0.00000289. The highest BCUT2D eigenvalue weighted by Gasteiger charge is 2.16. The fourth-order valence-electron chi connectivity index (χ4n) is 3.42. The summed E-state index contributed by atoms with van der Waals surface area (Å²) in [6, 6.07) is 29.5. The molecule has 0 aliphatic rings. The molecular weight excluding hydrogens is 480 g/mol. The molecule has 6 heteroatoms. The Morgan fingerprint density at radius 1 is 0.750 bits per heavy atom. The van der Waals surface area contributed by atoms with E-state index in [0.29, 0.717) is 0 Å². The molecule has 0 bridgehead atoms. The van der Waals surface area contributed by atoms with Crippen molar-refractivity contribution in [1.29, 1.82) is 0 Å². The minimum Gasteiger partial charge on any atom is -1.00 e. The Morgan fingerprint density at radius 3 is 1.75 bits per heavy atom. The first-order chi connectivity index (χ1) is 15.1. The molecule has 0 spiro atoms. The Labute approximate surface area is 204 Å². The molecule has 0 aliphatic carbocycles. The normalized spacial score (nSPS) is 10.8. The van der Waals surface area contributed by atoms with E-state index in [1.807, 2.05) is 19.2 Å². The van der Waals surface area contributed by atoms with Gasteiger partial charge in [0.1, 0.15) is 11.4 Å². The SMILES string of the molecule is Cc1sc(N=Nc2ccc(N(Cc3ccccc3)Cc3ccccc3)cc2)[n+](C)c1C.[Br-]. The Hall–Kier alpha value is -2.83. The van der Waals surface area contributed by atoms with Gasteiger partial charge in [-0.25, -0.2) is 4.57 Å². The average Bonchev–Trinajstić information content (AvgIpc) is 3.05. The molecular formula is C26H27BrN4S. The first-order valence-electron chi connectivity index (χ1n) is 10.4. The number of rotatable bonds is 7. The fraction of sp³-hybridized carbons (Fsp3) is 0.192. The quantitative estimate of drug-likeness (QED) is 0.277. The van der Waals surface area contributed by atoms with Crippen LogP contribution in [0.5, 0.6) is 0 Å². The van der Waals surface area contributed by atoms with E-state index in [9.17, 15) is 0 Å². The summed E-state index contributed by atoms with van der Waals surface area (Å²) in [6.07, 6.45) is 0. The van der Waals surface area contributed by atoms with E-state index < -0.39 is 0 Å². The van der Waals surface area contributed by atoms with E-state index in [1.165, 1.54) is 27.4 Å². The maximum absolute atomic E-state index is 4.46. The molecule has 0 saturated heterocycles. The van der Waals surface area contributed by atoms with E-state index in [2.05, 4.69) is 106 Å². The third-order valence-corrected chi connectivity index (χ3v) is 6.58. The summed E-state index contributed by atoms with van der Waals surface area (Å²) in [5, 5.41) is 9.83. The number of hydrogen-bond acceptors (Lipinski definition) is 4. The van der Waals surface area contributed by atoms with E-state index in [-0.39, 0.29) is 17.0 Å². The van der Waals surface area contributed by atoms with Crippen molar-refractivity contribution in [3.8, 4) is 0 Å². The molecule has 4 nitrogen and oxygen atoms in total. The van der Waals surface area contributed by atoms with Gasteiger partial charge in [-0.3, -0.25) is 0 Å². The smallest absolute Gasteiger partial charge is 0.408 e. The Morgan fingerprint density at radius 2 is 1.28 bits per heavy atom. The van der Waals surface area contributed by atoms with Crippen LogP contribution in [0.25, 0.3) is 0 Å². The van der Waals surface area contributed by atoms with Gasteiger partial charge >= 0.3 is 5.13 Å². The van der Waals surface area contributed by atoms with E-state index in [0.717, 1.165) is 23.9 Å². The fourth-order valence-corrected chi connectivity index (χ4v) is 4.34. The molecule has 0 amide bonds. The lowest BCUT2D eigenvalue weighted by Gasteiger charge is -2.25. The molecule has 0 aliphatic heterocycles. The van der Waals surface area contributed by atoms with Gasteiger partial charge < -0.3 is 21.9 Å². The molecule has 32 heavy (non-hydrogen) atoms. The van der Waals surface area contributed by atoms with E-state index >= 15 is 0 Å². The predicted octanol–water partition coefficient (Wildman–Crippen LogP) is 3.82. The van der Waals surface area contributed by atoms with Crippen molar-refractivity contribution in [2.24, 2.45) is 17.3 Å². The van der Waals surface area contributed by atoms with Crippen LogP contribution in [0.4, 0.5) is 16.5 Å². The molecule has 0 atom stereocenters. The topological polar surface area (TPSA) is 31.8 Å². The van der Waals surface area contributed by atoms with Crippen molar-refractivity contribution in [2.45, 2.75) is 26.9 Å². The molecule has 1 aromatic heterocycles. The molecule has 0 N–H and O–H groups in total. The number of thiazole rings is 1. The lowest BCUT2D eigenvalue weighted by Crippen LogP contribution is -3.00. The second-order valence-corrected chi connectivity index (χ2v) is 8.81. The Kier molecular flexibility index (Phi) is 8.31. The summed E-state index contributed by atoms with van der Waals surface area (Å²) in [5.41, 5.74) is 5.83. The van der Waals surface area contributed by atoms with Crippen molar-refractivity contribution in [3.05, 3.63) is 107 Å². The standard InChI is InChI=1S/C26H27N4S.BrH/c1-20-21(2)31-26(29(20)3)28-27-24-14-16-25(17-15-24)30(18-22-10-6-4-7-11-22)19-23-12-8-5-9-13-23;/h4-17H,18-19H2,1-3H3;1H/q+1;/p-1. The zero-order chi connectivity index (χ0) is 21.6. The maximum Gasteiger partial charge on any atom is 0.408 e. The first-order valence-corrected chi connectivity index (χ1v) is 11.2. The van der Waals surface area contributed by atoms with Crippen LogP contribution in [0.3, 0.4) is 0 Å². The van der Waals surface area contributed by atoms with Crippen LogP contribution in [0.1, 0.15) is 21.7 Å². The van der Waals surface area contributed by atoms with Gasteiger partial charge in [-0.2, -0.15) is 0 Å². The van der Waals surface area contributed by atoms with Crippen molar-refractivity contribution in [1.82, 2.24) is 0 Å². The summed E-state index contributed by atoms with van der Waals surface area (Å²) in [4.78, 5) is 3.65. The lowest BCUT2D eigenvalue weighted by atomic mass is 10.1. The van der Waals surface area contributed by atoms with Crippen molar-refractivity contribution in [2.75, 3.05) is 4.90 Å². The second-order valence-electron chi connectivity index (χ2n) is 7.63. The van der Waals surface area contributed by atoms with Crippen LogP contribution >= 0.6 is 11.3 Å². The summed E-state index contributed by atoms with van der Waals surface area (Å²) in [7, 11) is 2.03. The molecule has 4 rings (SSSR count). The summed E-state index contributed by atoms with van der Waals surface area (Å²) in [5.74, 6) is 0. The van der Waals surface area contributed by atoms with Crippen molar-refractivity contribution >= 4 is 27.8 Å². The lowest BCUT2D eigenvalue weighted by molar-refractivity contribution is -0.660. The number of halogens is 1. The number of nitrogens with zero attached hydrogens (tertiary/aromatic N) is 4. The number of hydrogen-bond donors (Lipinski definition) is 0. The van der Waals surface area contributed by atoms with Gasteiger partial charge in [0, 0.05) is 18.8 Å². The molecule has 0 unspecified atom stereocenters. The van der Waals surface area contributed by atoms with Gasteiger partial charge in [0.25, 0.3) is 0 Å². The number of aryl methyl sites for hydroxylation is 1. The molecule has 3 aromatic carbocycles. The monoisotopic (exact) mass is 506 g/mol. The van der Waals surface area contributed by atoms with Gasteiger partial charge in [-0.05, 0) is 65.7 Å². The molecule has 1 heterocycles. The van der Waals surface area contributed by atoms with Gasteiger partial charge in [0.05, 0.1) is 17.0 Å². The van der Waals surface area contributed by atoms with Gasteiger partial charge in [-0.15, -0.1) is 0 Å². The van der Waals surface area contributed by atoms with E-state index in [1.54, 1.807) is 11.3 Å². The zero-order valence-electron chi connectivity index (χ0n) is 18.6. The van der Waals surface area contributed by atoms with E-state index in [4.69, 9.17) is 0 Å². The van der Waals surface area contributed by atoms with Crippen LogP contribution < -0.4 is 26.4 Å². The average molecular weight is 508 g/mol. The maximum atomic E-state index is 4.46. The number of aromatic nitrogens is 1. The molecule has 0 saturated carbocycles. The van der Waals surface area contributed by atoms with Crippen molar-refractivity contribution < 1.29 is 21.5 Å². The largest absolute Gasteiger partial charge is 1.00 e. The predicted molar refractivity (Wildman–Crippen MR) is 128 cm³/mol. The molecule has 164 valence electrons. The zero-order valence-corrected chi connectivity index (χ0v) is 21.0. The van der Waals surface area contributed by atoms with Crippen LogP contribution in [0, 0.1) is 13.8 Å². The number of anilines is 1. The Bertz CT molecular complexity index is 1110. The highest BCUT2D eigenvalue weighted by Crippen LogP contribution is 2.27. The summed E-state index contributed by atoms with van der Waals surface area (Å²) >= 11 is 1.67. The summed E-state index contributed by atoms with van der Waals surface area (Å²) in [6.45, 7) is 5.91. The number of benzene rings is 3. The second kappa shape index (κ2) is 11.2. The van der Waals surface area contributed by atoms with Gasteiger partial charge in [0.15, 0.2) is 0 Å². The van der Waals surface area contributed by atoms with Crippen LogP contribution in [-0.2, 0) is 20.1 Å². The van der Waals surface area contributed by atoms with Gasteiger partial charge in [0.2, 0.25) is 0 Å². The first kappa shape index (κ1) is 23.8. The highest BCUT2D eigenvalue weighted by molar-refractivity contribution is 7.14. The summed E-state index contributed by atoms with van der Waals surface area (Å²) < 4.78 is 2.08. The molecule has 0 radical (unpaired) electrons. The third-order valence-electron chi connectivity index (χ3n) is 5.44. The van der Waals surface area contributed by atoms with Crippen molar-refractivity contribution in [3.63, 3.8) is 0 Å². The van der Waals surface area contributed by atoms with Crippen LogP contribution in [-0.4, -0.2) is 0 Å². The van der Waals surface area contributed by atoms with Gasteiger partial charge in [-0.1, -0.05) is 60.7 Å². The van der Waals surface area contributed by atoms with Crippen LogP contribution in [0.2, 0.25) is 0 Å².